The molecule has 0 N–H and O–H groups in total. The van der Waals surface area contributed by atoms with Gasteiger partial charge in [-0.3, -0.25) is 14.4 Å². The molecule has 0 bridgehead atoms. The van der Waals surface area contributed by atoms with Crippen molar-refractivity contribution in [3.63, 3.8) is 0 Å². The first-order chi connectivity index (χ1) is 18.1. The summed E-state index contributed by atoms with van der Waals surface area (Å²) in [6.07, 6.45) is -0.128. The Hall–Kier alpha value is -4.35. The van der Waals surface area contributed by atoms with Gasteiger partial charge >= 0.3 is 0 Å². The van der Waals surface area contributed by atoms with Crippen molar-refractivity contribution in [2.75, 3.05) is 23.2 Å². The molecule has 0 unspecified atom stereocenters. The number of ether oxygens (including phenoxy) is 2. The van der Waals surface area contributed by atoms with E-state index in [9.17, 15) is 9.59 Å². The van der Waals surface area contributed by atoms with Crippen LogP contribution in [0, 0.1) is 17.2 Å². The van der Waals surface area contributed by atoms with Crippen LogP contribution in [0.2, 0.25) is 0 Å². The molecule has 0 aliphatic carbocycles. The third kappa shape index (κ3) is 4.39. The number of para-hydroxylation sites is 1. The highest BCUT2D eigenvalue weighted by Gasteiger charge is 2.60. The van der Waals surface area contributed by atoms with Crippen LogP contribution < -0.4 is 19.4 Å². The lowest BCUT2D eigenvalue weighted by Gasteiger charge is -2.29. The lowest BCUT2D eigenvalue weighted by atomic mass is 9.90. The minimum atomic E-state index is -0.986. The summed E-state index contributed by atoms with van der Waals surface area (Å²) in [4.78, 5) is 34.7. The largest absolute Gasteiger partial charge is 0.490 e. The Balaban J connectivity index is 1.56. The van der Waals surface area contributed by atoms with Gasteiger partial charge in [0.05, 0.1) is 42.3 Å². The number of anilines is 2. The van der Waals surface area contributed by atoms with Gasteiger partial charge < -0.3 is 9.47 Å². The number of amides is 2. The standard InChI is InChI=1S/C29H27N3O5/c1-3-16-36-23-15-12-20(17-24(23)35-4-2)26-25-27(37-32(26)22-8-6-5-7-9-22)29(34)31(28(25)33)21-13-10-19(18-30)11-14-21/h5-15,17,25-27H,3-4,16H2,1-2H3/t25-,26-,27+/m1/s1. The van der Waals surface area contributed by atoms with Crippen molar-refractivity contribution in [2.45, 2.75) is 32.4 Å². The van der Waals surface area contributed by atoms with Crippen molar-refractivity contribution in [3.05, 3.63) is 83.9 Å². The van der Waals surface area contributed by atoms with Gasteiger partial charge in [0.1, 0.15) is 5.92 Å². The molecule has 2 aliphatic heterocycles. The number of rotatable bonds is 8. The first kappa shape index (κ1) is 24.3. The highest BCUT2D eigenvalue weighted by molar-refractivity contribution is 6.23. The van der Waals surface area contributed by atoms with Gasteiger partial charge in [-0.05, 0) is 67.4 Å². The number of nitrogens with zero attached hydrogens (tertiary/aromatic N) is 3. The topological polar surface area (TPSA) is 92.1 Å². The number of benzene rings is 3. The fourth-order valence-electron chi connectivity index (χ4n) is 4.80. The molecule has 2 aliphatic rings. The van der Waals surface area contributed by atoms with Gasteiger partial charge in [0, 0.05) is 0 Å². The van der Waals surface area contributed by atoms with Gasteiger partial charge in [-0.1, -0.05) is 31.2 Å². The number of hydrogen-bond acceptors (Lipinski definition) is 7. The molecule has 2 amide bonds. The van der Waals surface area contributed by atoms with Crippen molar-refractivity contribution in [3.8, 4) is 17.6 Å². The molecule has 37 heavy (non-hydrogen) atoms. The predicted molar refractivity (Wildman–Crippen MR) is 137 cm³/mol. The van der Waals surface area contributed by atoms with Crippen LogP contribution in [0.1, 0.15) is 37.4 Å². The van der Waals surface area contributed by atoms with Crippen molar-refractivity contribution < 1.29 is 23.9 Å². The average Bonchev–Trinajstić information content (AvgIpc) is 3.44. The first-order valence-corrected chi connectivity index (χ1v) is 12.4. The molecule has 188 valence electrons. The SMILES string of the molecule is CCCOc1ccc([C@@H]2[C@H]3C(=O)N(c4ccc(C#N)cc4)C(=O)[C@H]3ON2c2ccccc2)cc1OCC. The van der Waals surface area contributed by atoms with E-state index in [1.165, 1.54) is 0 Å². The predicted octanol–water partition coefficient (Wildman–Crippen LogP) is 4.80. The zero-order valence-electron chi connectivity index (χ0n) is 20.7. The molecule has 5 rings (SSSR count). The zero-order valence-corrected chi connectivity index (χ0v) is 20.7. The molecule has 0 radical (unpaired) electrons. The summed E-state index contributed by atoms with van der Waals surface area (Å²) in [5.74, 6) is -0.364. The van der Waals surface area contributed by atoms with E-state index >= 15 is 0 Å². The third-order valence-electron chi connectivity index (χ3n) is 6.45. The Morgan fingerprint density at radius 2 is 1.65 bits per heavy atom. The maximum Gasteiger partial charge on any atom is 0.266 e. The molecule has 0 aromatic heterocycles. The molecule has 2 heterocycles. The molecule has 3 aromatic rings. The van der Waals surface area contributed by atoms with Crippen molar-refractivity contribution >= 4 is 23.2 Å². The Morgan fingerprint density at radius 3 is 2.32 bits per heavy atom. The van der Waals surface area contributed by atoms with Gasteiger partial charge in [-0.2, -0.15) is 5.26 Å². The van der Waals surface area contributed by atoms with E-state index in [2.05, 4.69) is 6.07 Å². The highest BCUT2D eigenvalue weighted by Crippen LogP contribution is 2.48. The van der Waals surface area contributed by atoms with E-state index in [4.69, 9.17) is 19.6 Å². The molecule has 2 saturated heterocycles. The van der Waals surface area contributed by atoms with Crippen molar-refractivity contribution in [2.24, 2.45) is 5.92 Å². The second-order valence-corrected chi connectivity index (χ2v) is 8.82. The quantitative estimate of drug-likeness (QED) is 0.413. The molecular formula is C29H27N3O5. The Bertz CT molecular complexity index is 1340. The summed E-state index contributed by atoms with van der Waals surface area (Å²) >= 11 is 0. The monoisotopic (exact) mass is 497 g/mol. The van der Waals surface area contributed by atoms with Gasteiger partial charge in [-0.15, -0.1) is 0 Å². The zero-order chi connectivity index (χ0) is 25.9. The summed E-state index contributed by atoms with van der Waals surface area (Å²) in [6.45, 7) is 4.94. The Kier molecular flexibility index (Phi) is 6.80. The van der Waals surface area contributed by atoms with Gasteiger partial charge in [-0.25, -0.2) is 9.96 Å². The molecule has 0 saturated carbocycles. The first-order valence-electron chi connectivity index (χ1n) is 12.4. The number of hydroxylamine groups is 1. The van der Waals surface area contributed by atoms with Gasteiger partial charge in [0.25, 0.3) is 5.91 Å². The van der Waals surface area contributed by atoms with E-state index in [0.29, 0.717) is 36.0 Å². The minimum absolute atomic E-state index is 0.354. The number of nitriles is 1. The lowest BCUT2D eigenvalue weighted by molar-refractivity contribution is -0.126. The van der Waals surface area contributed by atoms with E-state index in [1.807, 2.05) is 62.4 Å². The molecular weight excluding hydrogens is 470 g/mol. The molecule has 2 fully saturated rings. The Labute approximate surface area is 215 Å². The van der Waals surface area contributed by atoms with Crippen LogP contribution in [-0.2, 0) is 14.4 Å². The fourth-order valence-corrected chi connectivity index (χ4v) is 4.80. The molecule has 0 spiro atoms. The summed E-state index contributed by atoms with van der Waals surface area (Å²) < 4.78 is 11.7. The number of carbonyl (C=O) groups is 2. The average molecular weight is 498 g/mol. The van der Waals surface area contributed by atoms with Crippen LogP contribution >= 0.6 is 0 Å². The minimum Gasteiger partial charge on any atom is -0.490 e. The number of hydrogen-bond donors (Lipinski definition) is 0. The van der Waals surface area contributed by atoms with Crippen molar-refractivity contribution in [1.82, 2.24) is 0 Å². The maximum atomic E-state index is 13.8. The van der Waals surface area contributed by atoms with Crippen LogP contribution in [-0.4, -0.2) is 31.1 Å². The smallest absolute Gasteiger partial charge is 0.266 e. The number of imide groups is 1. The second kappa shape index (κ2) is 10.3. The van der Waals surface area contributed by atoms with Crippen LogP contribution in [0.3, 0.4) is 0 Å². The molecule has 3 aromatic carbocycles. The van der Waals surface area contributed by atoms with E-state index in [1.54, 1.807) is 29.3 Å². The number of carbonyl (C=O) groups excluding carboxylic acids is 2. The molecule has 8 heteroatoms. The van der Waals surface area contributed by atoms with E-state index in [0.717, 1.165) is 22.6 Å². The summed E-state index contributed by atoms with van der Waals surface area (Å²) in [5.41, 5.74) is 2.36. The van der Waals surface area contributed by atoms with Crippen LogP contribution in [0.25, 0.3) is 0 Å². The van der Waals surface area contributed by atoms with E-state index in [-0.39, 0.29) is 5.91 Å². The van der Waals surface area contributed by atoms with Crippen molar-refractivity contribution in [1.29, 1.82) is 5.26 Å². The summed E-state index contributed by atoms with van der Waals surface area (Å²) in [5, 5.41) is 10.8. The second-order valence-electron chi connectivity index (χ2n) is 8.82. The summed E-state index contributed by atoms with van der Waals surface area (Å²) in [7, 11) is 0. The highest BCUT2D eigenvalue weighted by atomic mass is 16.7. The lowest BCUT2D eigenvalue weighted by Crippen LogP contribution is -2.37. The molecule has 3 atom stereocenters. The van der Waals surface area contributed by atoms with Gasteiger partial charge in [0.15, 0.2) is 17.6 Å². The fraction of sp³-hybridized carbons (Fsp3) is 0.276. The van der Waals surface area contributed by atoms with E-state index < -0.39 is 24.0 Å². The maximum absolute atomic E-state index is 13.8. The normalized spacial score (nSPS) is 20.6. The van der Waals surface area contributed by atoms with Crippen LogP contribution in [0.4, 0.5) is 11.4 Å². The van der Waals surface area contributed by atoms with Crippen LogP contribution in [0.5, 0.6) is 11.5 Å². The number of fused-ring (bicyclic) bond motifs is 1. The summed E-state index contributed by atoms with van der Waals surface area (Å²) in [6, 6.07) is 22.9. The Morgan fingerprint density at radius 1 is 0.892 bits per heavy atom. The van der Waals surface area contributed by atoms with Gasteiger partial charge in [0.2, 0.25) is 5.91 Å². The van der Waals surface area contributed by atoms with Crippen LogP contribution in [0.15, 0.2) is 72.8 Å². The third-order valence-corrected chi connectivity index (χ3v) is 6.45. The molecule has 8 nitrogen and oxygen atoms in total.